The maximum absolute atomic E-state index is 10.3. The topological polar surface area (TPSA) is 45.4 Å². The van der Waals surface area contributed by atoms with Gasteiger partial charge < -0.3 is 14.8 Å². The van der Waals surface area contributed by atoms with Gasteiger partial charge in [0.25, 0.3) is 0 Å². The van der Waals surface area contributed by atoms with Crippen molar-refractivity contribution in [3.63, 3.8) is 0 Å². The zero-order chi connectivity index (χ0) is 14.9. The van der Waals surface area contributed by atoms with Gasteiger partial charge in [-0.05, 0) is 43.5 Å². The van der Waals surface area contributed by atoms with Gasteiger partial charge in [-0.3, -0.25) is 0 Å². The van der Waals surface area contributed by atoms with Crippen molar-refractivity contribution in [3.8, 4) is 5.75 Å². The summed E-state index contributed by atoms with van der Waals surface area (Å²) in [6.07, 6.45) is 4.44. The summed E-state index contributed by atoms with van der Waals surface area (Å²) in [5, 5.41) is 14.8. The largest absolute Gasteiger partial charge is 0.508 e. The molecule has 0 radical (unpaired) electrons. The molecule has 3 aromatic rings. The summed E-state index contributed by atoms with van der Waals surface area (Å²) < 4.78 is 6.00. The molecule has 1 aliphatic carbocycles. The molecule has 0 saturated heterocycles. The second-order valence-electron chi connectivity index (χ2n) is 5.87. The van der Waals surface area contributed by atoms with Crippen LogP contribution >= 0.6 is 0 Å². The van der Waals surface area contributed by atoms with Crippen molar-refractivity contribution in [2.45, 2.75) is 32.2 Å². The maximum atomic E-state index is 10.3. The number of nitrogens with one attached hydrogen (secondary N) is 1. The van der Waals surface area contributed by atoms with Gasteiger partial charge in [-0.1, -0.05) is 18.2 Å². The Bertz CT molecular complexity index is 805. The van der Waals surface area contributed by atoms with E-state index in [0.717, 1.165) is 40.8 Å². The van der Waals surface area contributed by atoms with E-state index in [9.17, 15) is 5.11 Å². The first-order valence-corrected chi connectivity index (χ1v) is 7.87. The Balaban J connectivity index is 1.75. The molecule has 0 aliphatic heterocycles. The molecule has 2 aromatic carbocycles. The fraction of sp³-hybridized carbons (Fsp3) is 0.263. The minimum absolute atomic E-state index is 0.338. The molecular formula is C19H19NO2. The lowest BCUT2D eigenvalue weighted by Crippen LogP contribution is -2.03. The molecule has 0 unspecified atom stereocenters. The first-order chi connectivity index (χ1) is 10.8. The van der Waals surface area contributed by atoms with Gasteiger partial charge in [-0.2, -0.15) is 0 Å². The lowest BCUT2D eigenvalue weighted by atomic mass is 9.93. The number of phenolic OH excluding ortho intramolecular Hbond substituents is 1. The highest BCUT2D eigenvalue weighted by Crippen LogP contribution is 2.37. The van der Waals surface area contributed by atoms with E-state index < -0.39 is 0 Å². The van der Waals surface area contributed by atoms with E-state index in [4.69, 9.17) is 4.42 Å². The zero-order valence-electron chi connectivity index (χ0n) is 12.4. The van der Waals surface area contributed by atoms with Crippen molar-refractivity contribution in [3.05, 3.63) is 59.4 Å². The first kappa shape index (κ1) is 13.3. The Hall–Kier alpha value is -2.42. The molecule has 0 fully saturated rings. The molecule has 112 valence electrons. The Morgan fingerprint density at radius 2 is 1.82 bits per heavy atom. The first-order valence-electron chi connectivity index (χ1n) is 7.87. The van der Waals surface area contributed by atoms with Gasteiger partial charge in [-0.15, -0.1) is 0 Å². The fourth-order valence-electron chi connectivity index (χ4n) is 3.34. The molecular weight excluding hydrogens is 274 g/mol. The van der Waals surface area contributed by atoms with Gasteiger partial charge in [0, 0.05) is 35.2 Å². The predicted molar refractivity (Wildman–Crippen MR) is 88.3 cm³/mol. The van der Waals surface area contributed by atoms with Crippen molar-refractivity contribution in [2.75, 3.05) is 5.32 Å². The zero-order valence-corrected chi connectivity index (χ0v) is 12.4. The van der Waals surface area contributed by atoms with E-state index in [1.165, 1.54) is 18.4 Å². The monoisotopic (exact) mass is 293 g/mol. The van der Waals surface area contributed by atoms with Gasteiger partial charge in [-0.25, -0.2) is 0 Å². The number of benzene rings is 2. The number of hydrogen-bond acceptors (Lipinski definition) is 3. The van der Waals surface area contributed by atoms with E-state index >= 15 is 0 Å². The van der Waals surface area contributed by atoms with Gasteiger partial charge in [0.2, 0.25) is 0 Å². The van der Waals surface area contributed by atoms with Crippen LogP contribution in [0.1, 0.15) is 29.7 Å². The van der Waals surface area contributed by atoms with Crippen LogP contribution in [0.3, 0.4) is 0 Å². The molecule has 3 heteroatoms. The number of furan rings is 1. The molecule has 1 heterocycles. The van der Waals surface area contributed by atoms with E-state index in [1.807, 2.05) is 36.4 Å². The second-order valence-corrected chi connectivity index (χ2v) is 5.87. The third-order valence-corrected chi connectivity index (χ3v) is 4.45. The lowest BCUT2D eigenvalue weighted by molar-refractivity contribution is 0.469. The summed E-state index contributed by atoms with van der Waals surface area (Å²) in [6, 6.07) is 13.7. The third-order valence-electron chi connectivity index (χ3n) is 4.45. The van der Waals surface area contributed by atoms with Crippen molar-refractivity contribution in [2.24, 2.45) is 0 Å². The average molecular weight is 293 g/mol. The van der Waals surface area contributed by atoms with Crippen LogP contribution in [0.15, 0.2) is 46.9 Å². The molecule has 0 atom stereocenters. The summed E-state index contributed by atoms with van der Waals surface area (Å²) >= 11 is 0. The highest BCUT2D eigenvalue weighted by atomic mass is 16.3. The van der Waals surface area contributed by atoms with Crippen LogP contribution in [0.4, 0.5) is 5.69 Å². The molecule has 2 N–H and O–H groups in total. The molecule has 0 amide bonds. The van der Waals surface area contributed by atoms with Gasteiger partial charge in [0.1, 0.15) is 17.1 Å². The predicted octanol–water partition coefficient (Wildman–Crippen LogP) is 4.63. The number of rotatable bonds is 3. The molecule has 4 rings (SSSR count). The standard InChI is InChI=1S/C19H19NO2/c21-16-10-11-18-19(14-8-4-5-9-17(14)22-18)15(16)12-20-13-6-2-1-3-7-13/h1-3,6-7,10-11,20-21H,4-5,8-9,12H2. The van der Waals surface area contributed by atoms with Crippen LogP contribution in [0.5, 0.6) is 5.75 Å². The van der Waals surface area contributed by atoms with Crippen molar-refractivity contribution >= 4 is 16.7 Å². The number of fused-ring (bicyclic) bond motifs is 3. The quantitative estimate of drug-likeness (QED) is 0.740. The highest BCUT2D eigenvalue weighted by Gasteiger charge is 2.21. The Labute approximate surface area is 129 Å². The molecule has 0 spiro atoms. The number of anilines is 1. The van der Waals surface area contributed by atoms with Gasteiger partial charge in [0.05, 0.1) is 0 Å². The van der Waals surface area contributed by atoms with Crippen LogP contribution in [0, 0.1) is 0 Å². The third kappa shape index (κ3) is 2.23. The number of hydrogen-bond donors (Lipinski definition) is 2. The smallest absolute Gasteiger partial charge is 0.135 e. The highest BCUT2D eigenvalue weighted by molar-refractivity contribution is 5.88. The van der Waals surface area contributed by atoms with Crippen LogP contribution in [0.25, 0.3) is 11.0 Å². The van der Waals surface area contributed by atoms with E-state index in [-0.39, 0.29) is 0 Å². The van der Waals surface area contributed by atoms with Crippen molar-refractivity contribution in [1.82, 2.24) is 0 Å². The number of aryl methyl sites for hydroxylation is 2. The van der Waals surface area contributed by atoms with Gasteiger partial charge >= 0.3 is 0 Å². The average Bonchev–Trinajstić information content (AvgIpc) is 2.94. The van der Waals surface area contributed by atoms with Crippen LogP contribution in [0.2, 0.25) is 0 Å². The lowest BCUT2D eigenvalue weighted by Gasteiger charge is -2.12. The summed E-state index contributed by atoms with van der Waals surface area (Å²) in [5.41, 5.74) is 4.18. The fourth-order valence-corrected chi connectivity index (χ4v) is 3.34. The SMILES string of the molecule is Oc1ccc2oc3c(c2c1CNc1ccccc1)CCCC3. The maximum Gasteiger partial charge on any atom is 0.135 e. The summed E-state index contributed by atoms with van der Waals surface area (Å²) in [7, 11) is 0. The molecule has 0 saturated carbocycles. The minimum Gasteiger partial charge on any atom is -0.508 e. The minimum atomic E-state index is 0.338. The number of para-hydroxylation sites is 1. The van der Waals surface area contributed by atoms with Crippen LogP contribution in [-0.2, 0) is 19.4 Å². The second kappa shape index (κ2) is 5.41. The summed E-state index contributed by atoms with van der Waals surface area (Å²) in [6.45, 7) is 0.596. The molecule has 1 aromatic heterocycles. The molecule has 0 bridgehead atoms. The molecule has 1 aliphatic rings. The normalized spacial score (nSPS) is 14.0. The number of aromatic hydroxyl groups is 1. The van der Waals surface area contributed by atoms with Crippen LogP contribution in [-0.4, -0.2) is 5.11 Å². The van der Waals surface area contributed by atoms with Crippen molar-refractivity contribution in [1.29, 1.82) is 0 Å². The Morgan fingerprint density at radius 1 is 1.00 bits per heavy atom. The van der Waals surface area contributed by atoms with Gasteiger partial charge in [0.15, 0.2) is 0 Å². The van der Waals surface area contributed by atoms with E-state index in [1.54, 1.807) is 6.07 Å². The Kier molecular flexibility index (Phi) is 3.26. The number of phenols is 1. The summed E-state index contributed by atoms with van der Waals surface area (Å²) in [4.78, 5) is 0. The summed E-state index contributed by atoms with van der Waals surface area (Å²) in [5.74, 6) is 1.44. The Morgan fingerprint density at radius 3 is 2.68 bits per heavy atom. The van der Waals surface area contributed by atoms with E-state index in [0.29, 0.717) is 12.3 Å². The van der Waals surface area contributed by atoms with Crippen LogP contribution < -0.4 is 5.32 Å². The van der Waals surface area contributed by atoms with E-state index in [2.05, 4.69) is 5.32 Å². The molecule has 3 nitrogen and oxygen atoms in total. The molecule has 22 heavy (non-hydrogen) atoms. The van der Waals surface area contributed by atoms with Crippen molar-refractivity contribution < 1.29 is 9.52 Å².